The third-order valence-electron chi connectivity index (χ3n) is 5.27. The summed E-state index contributed by atoms with van der Waals surface area (Å²) in [6.45, 7) is 2.77. The van der Waals surface area contributed by atoms with Crippen molar-refractivity contribution in [3.63, 3.8) is 0 Å². The van der Waals surface area contributed by atoms with Crippen LogP contribution in [0, 0.1) is 5.82 Å². The minimum atomic E-state index is -0.261. The fraction of sp³-hybridized carbons (Fsp3) is 0.318. The van der Waals surface area contributed by atoms with Gasteiger partial charge in [-0.05, 0) is 43.2 Å². The third-order valence-corrected chi connectivity index (χ3v) is 5.60. The summed E-state index contributed by atoms with van der Waals surface area (Å²) in [5.74, 6) is -0.261. The topological polar surface area (TPSA) is 30.3 Å². The monoisotopic (exact) mass is 399 g/mol. The van der Waals surface area contributed by atoms with Crippen molar-refractivity contribution < 1.29 is 9.13 Å². The Morgan fingerprint density at radius 1 is 1.11 bits per heavy atom. The number of nitrogens with zero attached hydrogens (tertiary/aromatic N) is 3. The summed E-state index contributed by atoms with van der Waals surface area (Å²) in [5, 5.41) is 5.47. The largest absolute Gasteiger partial charge is 0.381 e. The number of rotatable bonds is 5. The van der Waals surface area contributed by atoms with Crippen LogP contribution in [0.5, 0.6) is 0 Å². The molecule has 6 heteroatoms. The van der Waals surface area contributed by atoms with Gasteiger partial charge in [0, 0.05) is 44.1 Å². The van der Waals surface area contributed by atoms with Crippen LogP contribution in [0.1, 0.15) is 18.4 Å². The zero-order chi connectivity index (χ0) is 19.5. The van der Waals surface area contributed by atoms with Crippen molar-refractivity contribution in [2.45, 2.75) is 25.5 Å². The molecule has 0 saturated carbocycles. The lowest BCUT2D eigenvalue weighted by Gasteiger charge is -2.31. The minimum Gasteiger partial charge on any atom is -0.381 e. The summed E-state index contributed by atoms with van der Waals surface area (Å²) >= 11 is 6.46. The first-order valence-corrected chi connectivity index (χ1v) is 9.86. The van der Waals surface area contributed by atoms with Crippen LogP contribution in [0.25, 0.3) is 16.9 Å². The van der Waals surface area contributed by atoms with E-state index < -0.39 is 0 Å². The zero-order valence-electron chi connectivity index (χ0n) is 15.8. The Morgan fingerprint density at radius 3 is 2.50 bits per heavy atom. The van der Waals surface area contributed by atoms with Gasteiger partial charge in [-0.2, -0.15) is 5.10 Å². The van der Waals surface area contributed by atoms with E-state index in [9.17, 15) is 4.39 Å². The number of aromatic nitrogens is 2. The highest BCUT2D eigenvalue weighted by Crippen LogP contribution is 2.31. The first-order valence-electron chi connectivity index (χ1n) is 9.48. The SMILES string of the molecule is COC1CCN(Cc2cn(-c3ccc(F)cc3)nc2-c2ccccc2Cl)CC1. The van der Waals surface area contributed by atoms with Crippen LogP contribution in [0.2, 0.25) is 5.02 Å². The van der Waals surface area contributed by atoms with Crippen molar-refractivity contribution in [2.24, 2.45) is 0 Å². The van der Waals surface area contributed by atoms with Gasteiger partial charge in [-0.15, -0.1) is 0 Å². The number of hydrogen-bond donors (Lipinski definition) is 0. The Hall–Kier alpha value is -2.21. The maximum atomic E-state index is 13.3. The predicted molar refractivity (Wildman–Crippen MR) is 109 cm³/mol. The molecule has 0 amide bonds. The third kappa shape index (κ3) is 4.12. The van der Waals surface area contributed by atoms with Gasteiger partial charge in [0.1, 0.15) is 5.82 Å². The Kier molecular flexibility index (Phi) is 5.76. The highest BCUT2D eigenvalue weighted by Gasteiger charge is 2.22. The van der Waals surface area contributed by atoms with Gasteiger partial charge in [0.25, 0.3) is 0 Å². The number of piperidine rings is 1. The van der Waals surface area contributed by atoms with E-state index in [-0.39, 0.29) is 5.82 Å². The summed E-state index contributed by atoms with van der Waals surface area (Å²) in [7, 11) is 1.78. The number of methoxy groups -OCH3 is 1. The van der Waals surface area contributed by atoms with E-state index in [1.165, 1.54) is 12.1 Å². The molecular formula is C22H23ClFN3O. The van der Waals surface area contributed by atoms with Crippen molar-refractivity contribution in [2.75, 3.05) is 20.2 Å². The first-order chi connectivity index (χ1) is 13.6. The number of benzene rings is 2. The van der Waals surface area contributed by atoms with Gasteiger partial charge >= 0.3 is 0 Å². The number of hydrogen-bond acceptors (Lipinski definition) is 3. The van der Waals surface area contributed by atoms with Crippen LogP contribution in [0.3, 0.4) is 0 Å². The van der Waals surface area contributed by atoms with Crippen LogP contribution < -0.4 is 0 Å². The lowest BCUT2D eigenvalue weighted by Crippen LogP contribution is -2.36. The molecule has 2 aromatic carbocycles. The minimum absolute atomic E-state index is 0.261. The molecule has 0 spiro atoms. The van der Waals surface area contributed by atoms with E-state index in [4.69, 9.17) is 21.4 Å². The Balaban J connectivity index is 1.67. The van der Waals surface area contributed by atoms with Crippen molar-refractivity contribution in [1.29, 1.82) is 0 Å². The van der Waals surface area contributed by atoms with Gasteiger partial charge < -0.3 is 4.74 Å². The highest BCUT2D eigenvalue weighted by atomic mass is 35.5. The average molecular weight is 400 g/mol. The molecule has 146 valence electrons. The smallest absolute Gasteiger partial charge is 0.123 e. The predicted octanol–water partition coefficient (Wildman–Crippen LogP) is 4.94. The quantitative estimate of drug-likeness (QED) is 0.608. The molecule has 0 bridgehead atoms. The first kappa shape index (κ1) is 19.1. The number of ether oxygens (including phenoxy) is 1. The molecule has 0 radical (unpaired) electrons. The van der Waals surface area contributed by atoms with Gasteiger partial charge in [-0.3, -0.25) is 4.90 Å². The van der Waals surface area contributed by atoms with Crippen molar-refractivity contribution >= 4 is 11.6 Å². The zero-order valence-corrected chi connectivity index (χ0v) is 16.6. The van der Waals surface area contributed by atoms with Crippen LogP contribution in [-0.2, 0) is 11.3 Å². The van der Waals surface area contributed by atoms with E-state index in [2.05, 4.69) is 4.90 Å². The summed E-state index contributed by atoms with van der Waals surface area (Å²) in [4.78, 5) is 2.42. The molecule has 28 heavy (non-hydrogen) atoms. The van der Waals surface area contributed by atoms with E-state index in [1.54, 1.807) is 23.9 Å². The maximum absolute atomic E-state index is 13.3. The standard InChI is InChI=1S/C22H23ClFN3O/c1-28-19-10-12-26(13-11-19)14-16-15-27(18-8-6-17(24)7-9-18)25-22(16)20-4-2-3-5-21(20)23/h2-9,15,19H,10-14H2,1H3. The van der Waals surface area contributed by atoms with Crippen LogP contribution in [-0.4, -0.2) is 41.0 Å². The Morgan fingerprint density at radius 2 is 1.82 bits per heavy atom. The fourth-order valence-electron chi connectivity index (χ4n) is 3.68. The molecule has 3 aromatic rings. The van der Waals surface area contributed by atoms with E-state index in [1.807, 2.05) is 30.5 Å². The summed E-state index contributed by atoms with van der Waals surface area (Å²) < 4.78 is 20.6. The lowest BCUT2D eigenvalue weighted by atomic mass is 10.0. The van der Waals surface area contributed by atoms with E-state index in [0.29, 0.717) is 11.1 Å². The molecule has 1 saturated heterocycles. The van der Waals surface area contributed by atoms with Crippen molar-refractivity contribution in [3.05, 3.63) is 71.1 Å². The summed E-state index contributed by atoms with van der Waals surface area (Å²) in [6, 6.07) is 14.1. The second-order valence-electron chi connectivity index (χ2n) is 7.11. The molecule has 2 heterocycles. The highest BCUT2D eigenvalue weighted by molar-refractivity contribution is 6.33. The second kappa shape index (κ2) is 8.43. The molecule has 1 aliphatic rings. The molecule has 0 unspecified atom stereocenters. The van der Waals surface area contributed by atoms with Crippen LogP contribution in [0.4, 0.5) is 4.39 Å². The van der Waals surface area contributed by atoms with Gasteiger partial charge in [0.2, 0.25) is 0 Å². The number of likely N-dealkylation sites (tertiary alicyclic amines) is 1. The molecule has 1 fully saturated rings. The van der Waals surface area contributed by atoms with E-state index >= 15 is 0 Å². The molecule has 0 aliphatic carbocycles. The van der Waals surface area contributed by atoms with Crippen molar-refractivity contribution in [1.82, 2.24) is 14.7 Å². The Bertz CT molecular complexity index is 933. The lowest BCUT2D eigenvalue weighted by molar-refractivity contribution is 0.0389. The van der Waals surface area contributed by atoms with E-state index in [0.717, 1.165) is 55.0 Å². The maximum Gasteiger partial charge on any atom is 0.123 e. The van der Waals surface area contributed by atoms with Gasteiger partial charge in [-0.25, -0.2) is 9.07 Å². The molecule has 0 atom stereocenters. The average Bonchev–Trinajstić information content (AvgIpc) is 3.13. The number of halogens is 2. The van der Waals surface area contributed by atoms with Gasteiger partial charge in [0.05, 0.1) is 22.5 Å². The molecule has 1 aliphatic heterocycles. The normalized spacial score (nSPS) is 15.8. The van der Waals surface area contributed by atoms with Crippen LogP contribution in [0.15, 0.2) is 54.7 Å². The second-order valence-corrected chi connectivity index (χ2v) is 7.52. The molecule has 0 N–H and O–H groups in total. The molecule has 1 aromatic heterocycles. The van der Waals surface area contributed by atoms with Crippen LogP contribution >= 0.6 is 11.6 Å². The van der Waals surface area contributed by atoms with Crippen molar-refractivity contribution in [3.8, 4) is 16.9 Å². The molecule has 4 rings (SSSR count). The summed E-state index contributed by atoms with van der Waals surface area (Å²) in [5.41, 5.74) is 3.70. The Labute approximate surface area is 169 Å². The summed E-state index contributed by atoms with van der Waals surface area (Å²) in [6.07, 6.45) is 4.43. The fourth-order valence-corrected chi connectivity index (χ4v) is 3.90. The van der Waals surface area contributed by atoms with Gasteiger partial charge in [0.15, 0.2) is 0 Å². The van der Waals surface area contributed by atoms with Gasteiger partial charge in [-0.1, -0.05) is 29.8 Å². The molecule has 4 nitrogen and oxygen atoms in total. The molecular weight excluding hydrogens is 377 g/mol.